The van der Waals surface area contributed by atoms with Crippen LogP contribution in [0.2, 0.25) is 0 Å². The molecule has 1 aromatic carbocycles. The summed E-state index contributed by atoms with van der Waals surface area (Å²) in [5.74, 6) is 0.136. The molecule has 1 saturated heterocycles. The molecule has 0 atom stereocenters. The fourth-order valence-electron chi connectivity index (χ4n) is 1.68. The topological polar surface area (TPSA) is 109 Å². The van der Waals surface area contributed by atoms with Gasteiger partial charge in [0.2, 0.25) is 0 Å². The van der Waals surface area contributed by atoms with Crippen molar-refractivity contribution in [2.24, 2.45) is 0 Å². The summed E-state index contributed by atoms with van der Waals surface area (Å²) >= 11 is 9.77. The predicted octanol–water partition coefficient (Wildman–Crippen LogP) is 2.60. The van der Waals surface area contributed by atoms with Gasteiger partial charge >= 0.3 is 12.3 Å². The SMILES string of the molecule is CCCN1C(=O)/C(=C/c2ccc(O)c(Br)c2)SC1=S.O=C=O.O=C=O. The van der Waals surface area contributed by atoms with E-state index in [1.165, 1.54) is 11.8 Å². The molecule has 7 nitrogen and oxygen atoms in total. The molecule has 132 valence electrons. The highest BCUT2D eigenvalue weighted by Gasteiger charge is 2.31. The first-order valence-corrected chi connectivity index (χ1v) is 8.60. The Balaban J connectivity index is 0.000000844. The van der Waals surface area contributed by atoms with Crippen molar-refractivity contribution in [1.29, 1.82) is 0 Å². The fraction of sp³-hybridized carbons (Fsp3) is 0.200. The van der Waals surface area contributed by atoms with Crippen molar-refractivity contribution in [3.05, 3.63) is 33.1 Å². The third-order valence-corrected chi connectivity index (χ3v) is 4.60. The molecule has 0 spiro atoms. The number of hydrogen-bond acceptors (Lipinski definition) is 8. The Kier molecular flexibility index (Phi) is 11.3. The molecule has 2 rings (SSSR count). The van der Waals surface area contributed by atoms with Gasteiger partial charge in [-0.1, -0.05) is 37.0 Å². The van der Waals surface area contributed by atoms with Crippen LogP contribution in [0.5, 0.6) is 5.75 Å². The summed E-state index contributed by atoms with van der Waals surface area (Å²) in [5.41, 5.74) is 0.849. The van der Waals surface area contributed by atoms with Crippen LogP contribution in [-0.4, -0.2) is 39.1 Å². The standard InChI is InChI=1S/C13H12BrNO2S2.2CO2/c1-2-5-15-12(17)11(19-13(15)18)7-8-3-4-10(16)9(14)6-8;2*2-1-3/h3-4,6-7,16H,2,5H2,1H3;;/b11-7-;;. The van der Waals surface area contributed by atoms with Crippen LogP contribution in [0.1, 0.15) is 18.9 Å². The molecule has 1 aliphatic rings. The Morgan fingerprint density at radius 2 is 1.84 bits per heavy atom. The maximum atomic E-state index is 12.2. The Bertz CT molecular complexity index is 726. The molecule has 0 unspecified atom stereocenters. The summed E-state index contributed by atoms with van der Waals surface area (Å²) in [4.78, 5) is 46.9. The van der Waals surface area contributed by atoms with Crippen LogP contribution in [0.4, 0.5) is 0 Å². The van der Waals surface area contributed by atoms with Crippen LogP contribution in [0.3, 0.4) is 0 Å². The maximum absolute atomic E-state index is 12.2. The van der Waals surface area contributed by atoms with Gasteiger partial charge < -0.3 is 5.11 Å². The highest BCUT2D eigenvalue weighted by atomic mass is 79.9. The molecule has 25 heavy (non-hydrogen) atoms. The van der Waals surface area contributed by atoms with E-state index in [0.717, 1.165) is 12.0 Å². The highest BCUT2D eigenvalue weighted by Crippen LogP contribution is 2.33. The van der Waals surface area contributed by atoms with Gasteiger partial charge in [-0.3, -0.25) is 9.69 Å². The zero-order valence-corrected chi connectivity index (χ0v) is 16.1. The normalized spacial score (nSPS) is 14.0. The molecule has 0 saturated carbocycles. The maximum Gasteiger partial charge on any atom is 0.373 e. The Hall–Kier alpha value is -2.09. The van der Waals surface area contributed by atoms with Crippen molar-refractivity contribution in [1.82, 2.24) is 4.90 Å². The number of amides is 1. The van der Waals surface area contributed by atoms with Gasteiger partial charge in [0.1, 0.15) is 10.1 Å². The number of aromatic hydroxyl groups is 1. The molecular weight excluding hydrogens is 434 g/mol. The third-order valence-electron chi connectivity index (χ3n) is 2.59. The largest absolute Gasteiger partial charge is 0.507 e. The lowest BCUT2D eigenvalue weighted by molar-refractivity contribution is -0.193. The van der Waals surface area contributed by atoms with Gasteiger partial charge in [0.25, 0.3) is 5.91 Å². The van der Waals surface area contributed by atoms with Gasteiger partial charge in [-0.25, -0.2) is 0 Å². The van der Waals surface area contributed by atoms with Crippen molar-refractivity contribution in [3.8, 4) is 5.75 Å². The number of thioether (sulfide) groups is 1. The molecule has 1 amide bonds. The van der Waals surface area contributed by atoms with Crippen molar-refractivity contribution in [2.75, 3.05) is 6.54 Å². The number of phenolic OH excluding ortho intramolecular Hbond substituents is 1. The first kappa shape index (κ1) is 22.9. The minimum absolute atomic E-state index is 0.0407. The lowest BCUT2D eigenvalue weighted by atomic mass is 10.2. The van der Waals surface area contributed by atoms with E-state index in [2.05, 4.69) is 15.9 Å². The van der Waals surface area contributed by atoms with Crippen molar-refractivity contribution in [2.45, 2.75) is 13.3 Å². The molecule has 1 aromatic rings. The van der Waals surface area contributed by atoms with E-state index in [1.54, 1.807) is 29.2 Å². The first-order chi connectivity index (χ1) is 11.9. The molecule has 0 aliphatic carbocycles. The van der Waals surface area contributed by atoms with Crippen LogP contribution in [0, 0.1) is 0 Å². The van der Waals surface area contributed by atoms with E-state index in [9.17, 15) is 9.90 Å². The fourth-order valence-corrected chi connectivity index (χ4v) is 3.39. The van der Waals surface area contributed by atoms with Crippen LogP contribution < -0.4 is 0 Å². The van der Waals surface area contributed by atoms with Crippen LogP contribution in [0.25, 0.3) is 6.08 Å². The van der Waals surface area contributed by atoms with Crippen molar-refractivity contribution >= 4 is 68.5 Å². The molecule has 0 radical (unpaired) electrons. The highest BCUT2D eigenvalue weighted by molar-refractivity contribution is 9.10. The monoisotopic (exact) mass is 445 g/mol. The van der Waals surface area contributed by atoms with E-state index in [4.69, 9.17) is 31.4 Å². The third kappa shape index (κ3) is 7.55. The number of benzene rings is 1. The Labute approximate surface area is 161 Å². The lowest BCUT2D eigenvalue weighted by Crippen LogP contribution is -2.28. The zero-order chi connectivity index (χ0) is 19.4. The number of thiocarbonyl (C=S) groups is 1. The molecule has 0 aromatic heterocycles. The minimum atomic E-state index is -0.0407. The Morgan fingerprint density at radius 3 is 2.32 bits per heavy atom. The molecule has 1 heterocycles. The van der Waals surface area contributed by atoms with Gasteiger partial charge in [-0.15, -0.1) is 0 Å². The second-order valence-electron chi connectivity index (χ2n) is 4.21. The Morgan fingerprint density at radius 1 is 1.28 bits per heavy atom. The molecule has 1 N–H and O–H groups in total. The smallest absolute Gasteiger partial charge is 0.373 e. The van der Waals surface area contributed by atoms with E-state index in [0.29, 0.717) is 20.2 Å². The molecule has 10 heteroatoms. The summed E-state index contributed by atoms with van der Waals surface area (Å²) in [6.07, 6.45) is 3.17. The van der Waals surface area contributed by atoms with Crippen molar-refractivity contribution in [3.63, 3.8) is 0 Å². The van der Waals surface area contributed by atoms with Crippen LogP contribution >= 0.6 is 39.9 Å². The number of hydrogen-bond donors (Lipinski definition) is 1. The average molecular weight is 446 g/mol. The van der Waals surface area contributed by atoms with Gasteiger partial charge in [0.15, 0.2) is 0 Å². The minimum Gasteiger partial charge on any atom is -0.507 e. The summed E-state index contributed by atoms with van der Waals surface area (Å²) in [7, 11) is 0. The summed E-state index contributed by atoms with van der Waals surface area (Å²) in [5, 5.41) is 9.44. The quantitative estimate of drug-likeness (QED) is 0.558. The number of nitrogens with zero attached hydrogens (tertiary/aromatic N) is 1. The summed E-state index contributed by atoms with van der Waals surface area (Å²) in [6, 6.07) is 5.11. The number of halogens is 1. The van der Waals surface area contributed by atoms with Gasteiger partial charge in [0.05, 0.1) is 9.38 Å². The second-order valence-corrected chi connectivity index (χ2v) is 6.74. The van der Waals surface area contributed by atoms with E-state index < -0.39 is 0 Å². The number of rotatable bonds is 3. The van der Waals surface area contributed by atoms with E-state index in [1.807, 2.05) is 6.92 Å². The van der Waals surface area contributed by atoms with Crippen LogP contribution in [-0.2, 0) is 24.0 Å². The van der Waals surface area contributed by atoms with E-state index in [-0.39, 0.29) is 24.0 Å². The first-order valence-electron chi connectivity index (χ1n) is 6.58. The van der Waals surface area contributed by atoms with Crippen LogP contribution in [0.15, 0.2) is 27.6 Å². The molecular formula is C15H12BrNO6S2. The number of carbonyl (C=O) groups excluding carboxylic acids is 5. The summed E-state index contributed by atoms with van der Waals surface area (Å²) < 4.78 is 1.21. The second kappa shape index (κ2) is 12.3. The van der Waals surface area contributed by atoms with Gasteiger partial charge in [-0.05, 0) is 46.1 Å². The molecule has 0 bridgehead atoms. The number of carbonyl (C=O) groups is 1. The molecule has 1 fully saturated rings. The zero-order valence-electron chi connectivity index (χ0n) is 12.9. The number of phenols is 1. The average Bonchev–Trinajstić information content (AvgIpc) is 2.80. The van der Waals surface area contributed by atoms with Gasteiger partial charge in [0, 0.05) is 6.54 Å². The van der Waals surface area contributed by atoms with E-state index >= 15 is 0 Å². The lowest BCUT2D eigenvalue weighted by Gasteiger charge is -2.11. The van der Waals surface area contributed by atoms with Crippen molar-refractivity contribution < 1.29 is 29.1 Å². The molecule has 1 aliphatic heterocycles. The summed E-state index contributed by atoms with van der Waals surface area (Å²) in [6.45, 7) is 2.67. The van der Waals surface area contributed by atoms with Gasteiger partial charge in [-0.2, -0.15) is 19.2 Å². The predicted molar refractivity (Wildman–Crippen MR) is 96.0 cm³/mol.